The Kier molecular flexibility index (Phi) is 7.34. The van der Waals surface area contributed by atoms with Gasteiger partial charge >= 0.3 is 0 Å². The monoisotopic (exact) mass is 592 g/mol. The third-order valence-electron chi connectivity index (χ3n) is 6.53. The predicted octanol–water partition coefficient (Wildman–Crippen LogP) is 4.70. The number of amides is 1. The minimum Gasteiger partial charge on any atom is -0.324 e. The molecular weight excluding hydrogens is 566 g/mol. The fraction of sp³-hybridized carbons (Fsp3) is 0.143. The number of para-hydroxylation sites is 1. The number of fused-ring (bicyclic) bond motifs is 1. The number of carbonyl (C=O) groups excluding carboxylic acids is 1. The van der Waals surface area contributed by atoms with Crippen LogP contribution in [0.1, 0.15) is 18.1 Å². The number of imidazole rings is 1. The average molecular weight is 593 g/mol. The number of anilines is 5. The number of hydrogen-bond donors (Lipinski definition) is 2. The maximum absolute atomic E-state index is 15.0. The van der Waals surface area contributed by atoms with Crippen molar-refractivity contribution in [2.75, 3.05) is 22.3 Å². The van der Waals surface area contributed by atoms with Crippen molar-refractivity contribution < 1.29 is 22.0 Å². The lowest BCUT2D eigenvalue weighted by atomic mass is 10.2. The number of nitrogens with one attached hydrogen (secondary N) is 1. The molecule has 3 aromatic carbocycles. The fourth-order valence-corrected chi connectivity index (χ4v) is 5.34. The quantitative estimate of drug-likeness (QED) is 0.277. The molecule has 0 radical (unpaired) electrons. The first-order chi connectivity index (χ1) is 19.8. The molecule has 42 heavy (non-hydrogen) atoms. The summed E-state index contributed by atoms with van der Waals surface area (Å²) in [5, 5.41) is 9.89. The van der Waals surface area contributed by atoms with Gasteiger partial charge in [0.25, 0.3) is 0 Å². The number of aromatic nitrogens is 4. The van der Waals surface area contributed by atoms with Gasteiger partial charge in [-0.1, -0.05) is 18.2 Å². The van der Waals surface area contributed by atoms with E-state index in [1.165, 1.54) is 19.2 Å². The molecule has 216 valence electrons. The largest absolute Gasteiger partial charge is 0.324 e. The maximum atomic E-state index is 15.0. The Balaban J connectivity index is 1.62. The molecule has 14 heteroatoms. The van der Waals surface area contributed by atoms with Crippen LogP contribution < -0.4 is 20.4 Å². The highest BCUT2D eigenvalue weighted by Gasteiger charge is 2.28. The van der Waals surface area contributed by atoms with E-state index in [9.17, 15) is 22.0 Å². The number of primary sulfonamides is 1. The van der Waals surface area contributed by atoms with Crippen molar-refractivity contribution in [3.63, 3.8) is 0 Å². The van der Waals surface area contributed by atoms with E-state index in [1.807, 2.05) is 19.1 Å². The van der Waals surface area contributed by atoms with Crippen molar-refractivity contribution in [2.24, 2.45) is 5.14 Å². The average Bonchev–Trinajstić information content (AvgIpc) is 3.31. The van der Waals surface area contributed by atoms with Gasteiger partial charge in [-0.25, -0.2) is 41.9 Å². The Morgan fingerprint density at radius 3 is 2.48 bits per heavy atom. The van der Waals surface area contributed by atoms with Crippen LogP contribution >= 0.6 is 0 Å². The van der Waals surface area contributed by atoms with Gasteiger partial charge in [0.15, 0.2) is 5.82 Å². The number of rotatable bonds is 7. The summed E-state index contributed by atoms with van der Waals surface area (Å²) >= 11 is 0. The molecule has 0 atom stereocenters. The van der Waals surface area contributed by atoms with Gasteiger partial charge in [-0.15, -0.1) is 0 Å². The van der Waals surface area contributed by atoms with Crippen LogP contribution in [0.5, 0.6) is 0 Å². The minimum absolute atomic E-state index is 0.00301. The zero-order valence-electron chi connectivity index (χ0n) is 23.0. The van der Waals surface area contributed by atoms with E-state index in [0.717, 1.165) is 28.7 Å². The van der Waals surface area contributed by atoms with Gasteiger partial charge in [0, 0.05) is 38.0 Å². The van der Waals surface area contributed by atoms with E-state index in [-0.39, 0.29) is 22.5 Å². The first-order valence-corrected chi connectivity index (χ1v) is 14.1. The van der Waals surface area contributed by atoms with Gasteiger partial charge in [-0.3, -0.25) is 9.80 Å². The van der Waals surface area contributed by atoms with Crippen molar-refractivity contribution >= 4 is 56.1 Å². The van der Waals surface area contributed by atoms with Crippen molar-refractivity contribution in [2.45, 2.75) is 25.7 Å². The Labute approximate surface area is 240 Å². The number of nitrogens with zero attached hydrogens (tertiary/aromatic N) is 6. The molecule has 0 unspecified atom stereocenters. The van der Waals surface area contributed by atoms with Crippen molar-refractivity contribution in [3.05, 3.63) is 89.6 Å². The van der Waals surface area contributed by atoms with Crippen LogP contribution in [-0.2, 0) is 14.8 Å². The smallest absolute Gasteiger partial charge is 0.238 e. The lowest BCUT2D eigenvalue weighted by Gasteiger charge is -2.27. The van der Waals surface area contributed by atoms with E-state index < -0.39 is 27.6 Å². The van der Waals surface area contributed by atoms with Crippen LogP contribution in [-0.4, -0.2) is 41.0 Å². The number of halogens is 2. The summed E-state index contributed by atoms with van der Waals surface area (Å²) in [6.45, 7) is 4.70. The summed E-state index contributed by atoms with van der Waals surface area (Å²) in [6.07, 6.45) is 1.48. The molecule has 0 aliphatic carbocycles. The van der Waals surface area contributed by atoms with E-state index in [4.69, 9.17) is 5.14 Å². The first-order valence-electron chi connectivity index (χ1n) is 12.6. The molecule has 0 fully saturated rings. The number of carbonyl (C=O) groups is 1. The van der Waals surface area contributed by atoms with Crippen LogP contribution in [0.15, 0.2) is 71.8 Å². The first kappa shape index (κ1) is 28.6. The van der Waals surface area contributed by atoms with E-state index >= 15 is 0 Å². The lowest BCUT2D eigenvalue weighted by molar-refractivity contribution is -0.116. The fourth-order valence-electron chi connectivity index (χ4n) is 4.54. The van der Waals surface area contributed by atoms with Gasteiger partial charge in [0.05, 0.1) is 21.6 Å². The predicted molar refractivity (Wildman–Crippen MR) is 155 cm³/mol. The molecule has 2 heterocycles. The summed E-state index contributed by atoms with van der Waals surface area (Å²) in [5.74, 6) is -1.67. The molecule has 0 bridgehead atoms. The molecule has 2 aromatic heterocycles. The van der Waals surface area contributed by atoms with Crippen LogP contribution in [0.4, 0.5) is 37.9 Å². The second kappa shape index (κ2) is 10.8. The molecule has 0 aliphatic heterocycles. The highest BCUT2D eigenvalue weighted by molar-refractivity contribution is 7.89. The number of hydrogen-bond acceptors (Lipinski definition) is 8. The SMILES string of the molecule is CC(=O)N(c1cc(F)ccc1F)c1nc2c(C)cccc2n1N(C)c1ccnc(Nc2ccc(C)c(S(N)(=O)=O)c2)n1. The lowest BCUT2D eigenvalue weighted by Crippen LogP contribution is -2.33. The molecule has 11 nitrogen and oxygen atoms in total. The minimum atomic E-state index is -3.95. The van der Waals surface area contributed by atoms with E-state index in [1.54, 1.807) is 47.9 Å². The van der Waals surface area contributed by atoms with Gasteiger partial charge in [-0.05, 0) is 55.3 Å². The summed E-state index contributed by atoms with van der Waals surface area (Å²) in [5.41, 5.74) is 2.46. The Morgan fingerprint density at radius 2 is 1.76 bits per heavy atom. The van der Waals surface area contributed by atoms with Crippen LogP contribution in [0.25, 0.3) is 11.0 Å². The number of nitrogens with two attached hydrogens (primary N) is 1. The molecule has 5 aromatic rings. The van der Waals surface area contributed by atoms with Crippen molar-refractivity contribution in [1.82, 2.24) is 19.6 Å². The molecule has 5 rings (SSSR count). The summed E-state index contributed by atoms with van der Waals surface area (Å²) < 4.78 is 54.7. The van der Waals surface area contributed by atoms with Crippen molar-refractivity contribution in [3.8, 4) is 0 Å². The number of benzene rings is 3. The number of sulfonamides is 1. The molecule has 0 spiro atoms. The van der Waals surface area contributed by atoms with Crippen molar-refractivity contribution in [1.29, 1.82) is 0 Å². The molecular formula is C28H26F2N8O3S. The highest BCUT2D eigenvalue weighted by atomic mass is 32.2. The van der Waals surface area contributed by atoms with Gasteiger partial charge in [0.2, 0.25) is 27.8 Å². The summed E-state index contributed by atoms with van der Waals surface area (Å²) in [4.78, 5) is 27.3. The standard InChI is InChI=1S/C28H26F2N8O3S/c1-16-8-10-20(15-24(16)42(31,40)41)33-27-32-13-12-25(34-27)36(4)38-22-7-5-6-17(2)26(22)35-28(38)37(18(3)39)23-14-19(29)9-11-21(23)30/h5-15H,1-4H3,(H2,31,40,41)(H,32,33,34). The second-order valence-corrected chi connectivity index (χ2v) is 11.1. The van der Waals surface area contributed by atoms with E-state index in [2.05, 4.69) is 20.3 Å². The third kappa shape index (κ3) is 5.36. The van der Waals surface area contributed by atoms with Crippen LogP contribution in [0.2, 0.25) is 0 Å². The molecule has 0 saturated heterocycles. The zero-order chi connectivity index (χ0) is 30.3. The molecule has 3 N–H and O–H groups in total. The Bertz CT molecular complexity index is 1960. The molecule has 0 saturated carbocycles. The summed E-state index contributed by atoms with van der Waals surface area (Å²) in [7, 11) is -2.30. The van der Waals surface area contributed by atoms with Gasteiger partial charge in [0.1, 0.15) is 11.6 Å². The topological polar surface area (TPSA) is 139 Å². The van der Waals surface area contributed by atoms with Crippen LogP contribution in [0, 0.1) is 25.5 Å². The summed E-state index contributed by atoms with van der Waals surface area (Å²) in [6, 6.07) is 14.5. The van der Waals surface area contributed by atoms with Gasteiger partial charge in [-0.2, -0.15) is 4.98 Å². The Morgan fingerprint density at radius 1 is 1.00 bits per heavy atom. The van der Waals surface area contributed by atoms with Crippen LogP contribution in [0.3, 0.4) is 0 Å². The number of aryl methyl sites for hydroxylation is 2. The Hall–Kier alpha value is -4.95. The van der Waals surface area contributed by atoms with Gasteiger partial charge < -0.3 is 5.32 Å². The second-order valence-electron chi connectivity index (χ2n) is 9.53. The molecule has 1 amide bonds. The highest BCUT2D eigenvalue weighted by Crippen LogP contribution is 2.34. The third-order valence-corrected chi connectivity index (χ3v) is 7.59. The zero-order valence-corrected chi connectivity index (χ0v) is 23.8. The molecule has 0 aliphatic rings. The normalized spacial score (nSPS) is 11.5. The maximum Gasteiger partial charge on any atom is 0.238 e. The van der Waals surface area contributed by atoms with E-state index in [0.29, 0.717) is 28.1 Å².